The van der Waals surface area contributed by atoms with Crippen LogP contribution in [0.5, 0.6) is 5.75 Å². The SMILES string of the molecule is CCOC(=O)c1c(=O)c2cc(F)c(Cl)cc2n2c1sc1cc(OC)ccc12. The van der Waals surface area contributed by atoms with Gasteiger partial charge >= 0.3 is 5.97 Å². The molecule has 2 heterocycles. The molecule has 27 heavy (non-hydrogen) atoms. The first-order valence-electron chi connectivity index (χ1n) is 8.07. The van der Waals surface area contributed by atoms with Gasteiger partial charge in [-0.25, -0.2) is 9.18 Å². The van der Waals surface area contributed by atoms with Gasteiger partial charge in [0.1, 0.15) is 22.0 Å². The fraction of sp³-hybridized carbons (Fsp3) is 0.158. The molecule has 0 bridgehead atoms. The first kappa shape index (κ1) is 17.8. The number of methoxy groups -OCH3 is 1. The largest absolute Gasteiger partial charge is 0.497 e. The average molecular weight is 406 g/mol. The van der Waals surface area contributed by atoms with Gasteiger partial charge in [-0.05, 0) is 37.3 Å². The molecule has 4 rings (SSSR count). The number of fused-ring (bicyclic) bond motifs is 5. The molecule has 0 aliphatic rings. The molecule has 5 nitrogen and oxygen atoms in total. The maximum atomic E-state index is 14.0. The Hall–Kier alpha value is -2.64. The normalized spacial score (nSPS) is 11.4. The molecule has 8 heteroatoms. The second-order valence-corrected chi connectivity index (χ2v) is 7.22. The minimum atomic E-state index is -0.740. The van der Waals surface area contributed by atoms with Crippen molar-refractivity contribution in [3.05, 3.63) is 57.0 Å². The number of hydrogen-bond acceptors (Lipinski definition) is 5. The average Bonchev–Trinajstić information content (AvgIpc) is 3.01. The number of thiazole rings is 1. The summed E-state index contributed by atoms with van der Waals surface area (Å²) in [4.78, 5) is 25.9. The van der Waals surface area contributed by atoms with Crippen molar-refractivity contribution in [1.29, 1.82) is 0 Å². The Labute approximate surface area is 161 Å². The standard InChI is InChI=1S/C19H13ClFNO4S/c1-3-26-19(24)16-17(23)10-7-12(21)11(20)8-14(10)22-13-5-4-9(25-2)6-15(13)27-18(16)22/h4-8H,3H2,1-2H3. The van der Waals surface area contributed by atoms with E-state index in [4.69, 9.17) is 21.1 Å². The highest BCUT2D eigenvalue weighted by atomic mass is 35.5. The topological polar surface area (TPSA) is 57.0 Å². The summed E-state index contributed by atoms with van der Waals surface area (Å²) in [6.07, 6.45) is 0. The number of pyridine rings is 1. The molecule has 0 aliphatic carbocycles. The quantitative estimate of drug-likeness (QED) is 0.466. The van der Waals surface area contributed by atoms with Crippen LogP contribution in [0.2, 0.25) is 5.02 Å². The first-order valence-corrected chi connectivity index (χ1v) is 9.26. The summed E-state index contributed by atoms with van der Waals surface area (Å²) in [6, 6.07) is 7.85. The monoisotopic (exact) mass is 405 g/mol. The van der Waals surface area contributed by atoms with E-state index in [0.717, 1.165) is 16.3 Å². The van der Waals surface area contributed by atoms with Gasteiger partial charge in [0.05, 0.1) is 39.9 Å². The smallest absolute Gasteiger partial charge is 0.345 e. The van der Waals surface area contributed by atoms with E-state index in [-0.39, 0.29) is 22.6 Å². The zero-order valence-corrected chi connectivity index (χ0v) is 15.9. The van der Waals surface area contributed by atoms with E-state index in [9.17, 15) is 14.0 Å². The van der Waals surface area contributed by atoms with E-state index >= 15 is 0 Å². The highest BCUT2D eigenvalue weighted by Gasteiger charge is 2.24. The molecule has 0 amide bonds. The zero-order chi connectivity index (χ0) is 19.3. The van der Waals surface area contributed by atoms with Crippen molar-refractivity contribution in [3.8, 4) is 5.75 Å². The van der Waals surface area contributed by atoms with Gasteiger partial charge in [-0.1, -0.05) is 11.6 Å². The van der Waals surface area contributed by atoms with E-state index in [0.29, 0.717) is 16.1 Å². The first-order chi connectivity index (χ1) is 13.0. The van der Waals surface area contributed by atoms with Gasteiger partial charge in [0.25, 0.3) is 0 Å². The Balaban J connectivity index is 2.27. The van der Waals surface area contributed by atoms with E-state index in [1.165, 1.54) is 17.4 Å². The number of carbonyl (C=O) groups is 1. The number of halogens is 2. The van der Waals surface area contributed by atoms with E-state index in [1.807, 2.05) is 12.1 Å². The Morgan fingerprint density at radius 2 is 2.04 bits per heavy atom. The number of hydrogen-bond donors (Lipinski definition) is 0. The van der Waals surface area contributed by atoms with Crippen molar-refractivity contribution in [2.45, 2.75) is 6.92 Å². The maximum Gasteiger partial charge on any atom is 0.345 e. The highest BCUT2D eigenvalue weighted by Crippen LogP contribution is 2.34. The number of benzene rings is 2. The molecule has 0 aliphatic heterocycles. The molecule has 0 fully saturated rings. The summed E-state index contributed by atoms with van der Waals surface area (Å²) in [7, 11) is 1.55. The van der Waals surface area contributed by atoms with Crippen LogP contribution in [0.25, 0.3) is 25.9 Å². The molecule has 138 valence electrons. The lowest BCUT2D eigenvalue weighted by atomic mass is 10.1. The summed E-state index contributed by atoms with van der Waals surface area (Å²) in [6.45, 7) is 1.78. The van der Waals surface area contributed by atoms with Crippen LogP contribution >= 0.6 is 22.9 Å². The summed E-state index contributed by atoms with van der Waals surface area (Å²) in [5, 5.41) is -0.0413. The molecule has 0 radical (unpaired) electrons. The van der Waals surface area contributed by atoms with Crippen molar-refractivity contribution in [1.82, 2.24) is 4.40 Å². The van der Waals surface area contributed by atoms with Crippen LogP contribution in [0.3, 0.4) is 0 Å². The van der Waals surface area contributed by atoms with E-state index in [2.05, 4.69) is 0 Å². The van der Waals surface area contributed by atoms with Crippen molar-refractivity contribution < 1.29 is 18.7 Å². The Morgan fingerprint density at radius 3 is 2.74 bits per heavy atom. The van der Waals surface area contributed by atoms with Gasteiger partial charge in [-0.15, -0.1) is 11.3 Å². The van der Waals surface area contributed by atoms with Crippen molar-refractivity contribution in [2.24, 2.45) is 0 Å². The van der Waals surface area contributed by atoms with Crippen LogP contribution in [0, 0.1) is 5.82 Å². The zero-order valence-electron chi connectivity index (χ0n) is 14.3. The van der Waals surface area contributed by atoms with Gasteiger partial charge in [0.2, 0.25) is 5.43 Å². The molecule has 0 saturated carbocycles. The van der Waals surface area contributed by atoms with Crippen LogP contribution < -0.4 is 10.2 Å². The molecular formula is C19H13ClFNO4S. The van der Waals surface area contributed by atoms with Gasteiger partial charge in [-0.2, -0.15) is 0 Å². The Kier molecular flexibility index (Phi) is 4.28. The molecule has 4 aromatic rings. The molecule has 0 N–H and O–H groups in total. The number of rotatable bonds is 3. The Bertz CT molecular complexity index is 1290. The number of carbonyl (C=O) groups excluding carboxylic acids is 1. The number of ether oxygens (including phenoxy) is 2. The van der Waals surface area contributed by atoms with Crippen molar-refractivity contribution in [3.63, 3.8) is 0 Å². The lowest BCUT2D eigenvalue weighted by Gasteiger charge is -2.09. The fourth-order valence-corrected chi connectivity index (χ4v) is 4.44. The molecular weight excluding hydrogens is 393 g/mol. The summed E-state index contributed by atoms with van der Waals surface area (Å²) >= 11 is 7.22. The summed E-state index contributed by atoms with van der Waals surface area (Å²) in [5.41, 5.74) is 0.462. The number of aromatic nitrogens is 1. The minimum absolute atomic E-state index is 0.0629. The molecule has 0 spiro atoms. The maximum absolute atomic E-state index is 14.0. The molecule has 2 aromatic heterocycles. The molecule has 2 aromatic carbocycles. The van der Waals surface area contributed by atoms with Gasteiger partial charge < -0.3 is 9.47 Å². The third kappa shape index (κ3) is 2.65. The van der Waals surface area contributed by atoms with Crippen molar-refractivity contribution >= 4 is 54.9 Å². The molecule has 0 atom stereocenters. The lowest BCUT2D eigenvalue weighted by Crippen LogP contribution is -2.19. The van der Waals surface area contributed by atoms with Crippen LogP contribution in [0.4, 0.5) is 4.39 Å². The van der Waals surface area contributed by atoms with E-state index in [1.54, 1.807) is 24.5 Å². The van der Waals surface area contributed by atoms with Crippen LogP contribution in [-0.4, -0.2) is 24.1 Å². The third-order valence-corrected chi connectivity index (χ3v) is 5.68. The predicted molar refractivity (Wildman–Crippen MR) is 104 cm³/mol. The minimum Gasteiger partial charge on any atom is -0.497 e. The Morgan fingerprint density at radius 1 is 1.26 bits per heavy atom. The number of nitrogens with zero attached hydrogens (tertiary/aromatic N) is 1. The summed E-state index contributed by atoms with van der Waals surface area (Å²) < 4.78 is 26.9. The summed E-state index contributed by atoms with van der Waals surface area (Å²) in [5.74, 6) is -0.823. The molecule has 0 unspecified atom stereocenters. The van der Waals surface area contributed by atoms with Gasteiger partial charge in [0, 0.05) is 0 Å². The van der Waals surface area contributed by atoms with Crippen molar-refractivity contribution in [2.75, 3.05) is 13.7 Å². The predicted octanol–water partition coefficient (Wildman–Crippen LogP) is 4.65. The van der Waals surface area contributed by atoms with Crippen LogP contribution in [0.15, 0.2) is 35.1 Å². The second kappa shape index (κ2) is 6.51. The van der Waals surface area contributed by atoms with Crippen LogP contribution in [0.1, 0.15) is 17.3 Å². The highest BCUT2D eigenvalue weighted by molar-refractivity contribution is 7.24. The van der Waals surface area contributed by atoms with Gasteiger partial charge in [0.15, 0.2) is 0 Å². The second-order valence-electron chi connectivity index (χ2n) is 5.78. The number of esters is 1. The molecule has 0 saturated heterocycles. The lowest BCUT2D eigenvalue weighted by molar-refractivity contribution is 0.0527. The fourth-order valence-electron chi connectivity index (χ4n) is 3.07. The van der Waals surface area contributed by atoms with Gasteiger partial charge in [-0.3, -0.25) is 9.20 Å². The van der Waals surface area contributed by atoms with E-state index < -0.39 is 17.2 Å². The third-order valence-electron chi connectivity index (χ3n) is 4.26. The van der Waals surface area contributed by atoms with Crippen LogP contribution in [-0.2, 0) is 4.74 Å².